The van der Waals surface area contributed by atoms with Gasteiger partial charge >= 0.3 is 0 Å². The molecule has 2 aromatic carbocycles. The molecule has 0 saturated heterocycles. The van der Waals surface area contributed by atoms with Crippen molar-refractivity contribution in [3.8, 4) is 22.5 Å². The lowest BCUT2D eigenvalue weighted by Gasteiger charge is -2.05. The van der Waals surface area contributed by atoms with E-state index in [0.29, 0.717) is 5.56 Å². The summed E-state index contributed by atoms with van der Waals surface area (Å²) in [5.41, 5.74) is 7.41. The normalized spacial score (nSPS) is 10.8. The Balaban J connectivity index is 2.24. The van der Waals surface area contributed by atoms with Crippen LogP contribution in [0.25, 0.3) is 22.5 Å². The summed E-state index contributed by atoms with van der Waals surface area (Å²) in [5.74, 6) is -0.111. The smallest absolute Gasteiger partial charge is 0.179 e. The fourth-order valence-electron chi connectivity index (χ4n) is 2.09. The first-order valence-electron chi connectivity index (χ1n) is 6.03. The first kappa shape index (κ1) is 14.1. The van der Waals surface area contributed by atoms with Crippen LogP contribution in [0.4, 0.5) is 10.2 Å². The number of hydrogen-bond acceptors (Lipinski definition) is 3. The number of benzene rings is 2. The topological polar surface area (TPSA) is 52.0 Å². The van der Waals surface area contributed by atoms with Crippen LogP contribution in [0.2, 0.25) is 5.02 Å². The quantitative estimate of drug-likeness (QED) is 0.682. The van der Waals surface area contributed by atoms with Gasteiger partial charge in [0.2, 0.25) is 0 Å². The van der Waals surface area contributed by atoms with Crippen molar-refractivity contribution in [3.05, 3.63) is 57.8 Å². The molecule has 0 bridgehead atoms. The average molecular weight is 368 g/mol. The molecule has 3 nitrogen and oxygen atoms in total. The monoisotopic (exact) mass is 366 g/mol. The van der Waals surface area contributed by atoms with E-state index in [1.807, 2.05) is 24.3 Å². The molecule has 0 radical (unpaired) electrons. The molecule has 0 aliphatic carbocycles. The van der Waals surface area contributed by atoms with Gasteiger partial charge in [0.1, 0.15) is 0 Å². The Labute approximate surface area is 133 Å². The third kappa shape index (κ3) is 2.54. The molecule has 0 spiro atoms. The molecule has 1 heterocycles. The highest BCUT2D eigenvalue weighted by atomic mass is 79.9. The molecule has 6 heteroatoms. The van der Waals surface area contributed by atoms with Gasteiger partial charge in [-0.2, -0.15) is 0 Å². The van der Waals surface area contributed by atoms with Crippen LogP contribution in [-0.2, 0) is 0 Å². The molecule has 0 saturated carbocycles. The Kier molecular flexibility index (Phi) is 3.69. The molecule has 21 heavy (non-hydrogen) atoms. The molecular weight excluding hydrogens is 359 g/mol. The van der Waals surface area contributed by atoms with E-state index in [1.165, 1.54) is 6.07 Å². The van der Waals surface area contributed by atoms with Crippen LogP contribution in [0.5, 0.6) is 0 Å². The predicted octanol–water partition coefficient (Wildman–Crippen LogP) is 5.15. The molecule has 0 atom stereocenters. The van der Waals surface area contributed by atoms with Crippen LogP contribution in [0.3, 0.4) is 0 Å². The average Bonchev–Trinajstić information content (AvgIpc) is 2.83. The number of nitrogen functional groups attached to an aromatic ring is 1. The summed E-state index contributed by atoms with van der Waals surface area (Å²) >= 11 is 9.21. The Morgan fingerprint density at radius 3 is 2.71 bits per heavy atom. The molecule has 2 N–H and O–H groups in total. The first-order valence-corrected chi connectivity index (χ1v) is 7.20. The van der Waals surface area contributed by atoms with Crippen molar-refractivity contribution in [3.63, 3.8) is 0 Å². The van der Waals surface area contributed by atoms with Gasteiger partial charge in [0.05, 0.1) is 16.1 Å². The maximum Gasteiger partial charge on any atom is 0.179 e. The van der Waals surface area contributed by atoms with E-state index in [9.17, 15) is 4.39 Å². The van der Waals surface area contributed by atoms with Crippen LogP contribution in [0, 0.1) is 5.82 Å². The van der Waals surface area contributed by atoms with Crippen molar-refractivity contribution in [2.45, 2.75) is 0 Å². The third-order valence-corrected chi connectivity index (χ3v) is 3.81. The Hall–Kier alpha value is -1.85. The Bertz CT molecular complexity index is 819. The molecule has 0 amide bonds. The lowest BCUT2D eigenvalue weighted by molar-refractivity contribution is 0.433. The number of rotatable bonds is 2. The van der Waals surface area contributed by atoms with Gasteiger partial charge in [0, 0.05) is 4.47 Å². The number of nitrogens with two attached hydrogens (primary N) is 1. The van der Waals surface area contributed by atoms with Crippen molar-refractivity contribution in [1.82, 2.24) is 5.16 Å². The van der Waals surface area contributed by atoms with E-state index in [-0.39, 0.29) is 22.2 Å². The van der Waals surface area contributed by atoms with Gasteiger partial charge in [-0.15, -0.1) is 0 Å². The van der Waals surface area contributed by atoms with Gasteiger partial charge in [-0.25, -0.2) is 4.39 Å². The lowest BCUT2D eigenvalue weighted by atomic mass is 10.0. The maximum absolute atomic E-state index is 14.2. The van der Waals surface area contributed by atoms with E-state index in [4.69, 9.17) is 21.9 Å². The molecule has 3 aromatic rings. The number of hydrogen-bond donors (Lipinski definition) is 1. The molecule has 1 aromatic heterocycles. The number of aromatic nitrogens is 1. The van der Waals surface area contributed by atoms with Crippen LogP contribution in [0.1, 0.15) is 0 Å². The summed E-state index contributed by atoms with van der Waals surface area (Å²) in [6, 6.07) is 12.1. The van der Waals surface area contributed by atoms with E-state index < -0.39 is 5.82 Å². The number of halogens is 3. The first-order chi connectivity index (χ1) is 10.1. The molecule has 0 aliphatic rings. The molecule has 3 rings (SSSR count). The summed E-state index contributed by atoms with van der Waals surface area (Å²) in [4.78, 5) is 0. The van der Waals surface area contributed by atoms with E-state index in [1.54, 1.807) is 12.1 Å². The van der Waals surface area contributed by atoms with Crippen molar-refractivity contribution < 1.29 is 8.91 Å². The minimum Gasteiger partial charge on any atom is -0.380 e. The maximum atomic E-state index is 14.2. The molecule has 0 unspecified atom stereocenters. The fraction of sp³-hybridized carbons (Fsp3) is 0. The molecule has 0 aliphatic heterocycles. The van der Waals surface area contributed by atoms with Gasteiger partial charge < -0.3 is 10.3 Å². The summed E-state index contributed by atoms with van der Waals surface area (Å²) in [7, 11) is 0. The zero-order valence-electron chi connectivity index (χ0n) is 10.6. The lowest BCUT2D eigenvalue weighted by Crippen LogP contribution is -1.90. The van der Waals surface area contributed by atoms with Gasteiger partial charge in [-0.05, 0) is 29.8 Å². The summed E-state index contributed by atoms with van der Waals surface area (Å²) < 4.78 is 20.3. The minimum absolute atomic E-state index is 0.0164. The molecule has 0 fully saturated rings. The summed E-state index contributed by atoms with van der Waals surface area (Å²) in [5, 5.41) is 3.76. The van der Waals surface area contributed by atoms with Gasteiger partial charge in [-0.3, -0.25) is 0 Å². The largest absolute Gasteiger partial charge is 0.380 e. The number of anilines is 1. The van der Waals surface area contributed by atoms with Crippen molar-refractivity contribution >= 4 is 33.3 Å². The predicted molar refractivity (Wildman–Crippen MR) is 84.5 cm³/mol. The zero-order valence-corrected chi connectivity index (χ0v) is 13.0. The van der Waals surface area contributed by atoms with Crippen LogP contribution in [-0.4, -0.2) is 5.16 Å². The molecule has 106 valence electrons. The minimum atomic E-state index is -0.563. The second kappa shape index (κ2) is 5.50. The molecular formula is C15H9BrClFN2O. The van der Waals surface area contributed by atoms with Crippen LogP contribution in [0.15, 0.2) is 51.5 Å². The Morgan fingerprint density at radius 2 is 1.95 bits per heavy atom. The fourth-order valence-corrected chi connectivity index (χ4v) is 2.66. The van der Waals surface area contributed by atoms with Crippen LogP contribution >= 0.6 is 27.5 Å². The summed E-state index contributed by atoms with van der Waals surface area (Å²) in [6.07, 6.45) is 0. The highest BCUT2D eigenvalue weighted by molar-refractivity contribution is 9.10. The van der Waals surface area contributed by atoms with Gasteiger partial charge in [-0.1, -0.05) is 50.9 Å². The van der Waals surface area contributed by atoms with Crippen molar-refractivity contribution in [2.24, 2.45) is 0 Å². The van der Waals surface area contributed by atoms with Crippen molar-refractivity contribution in [2.75, 3.05) is 5.73 Å². The second-order valence-electron chi connectivity index (χ2n) is 4.38. The van der Waals surface area contributed by atoms with Crippen molar-refractivity contribution in [1.29, 1.82) is 0 Å². The Morgan fingerprint density at radius 1 is 1.19 bits per heavy atom. The third-order valence-electron chi connectivity index (χ3n) is 3.03. The van der Waals surface area contributed by atoms with E-state index in [0.717, 1.165) is 10.0 Å². The van der Waals surface area contributed by atoms with Gasteiger partial charge in [0.15, 0.2) is 17.4 Å². The SMILES string of the molecule is Nc1noc(-c2cccc(Cl)c2F)c1-c1cccc(Br)c1. The summed E-state index contributed by atoms with van der Waals surface area (Å²) in [6.45, 7) is 0. The highest BCUT2D eigenvalue weighted by Crippen LogP contribution is 2.39. The highest BCUT2D eigenvalue weighted by Gasteiger charge is 2.21. The second-order valence-corrected chi connectivity index (χ2v) is 5.71. The van der Waals surface area contributed by atoms with E-state index in [2.05, 4.69) is 21.1 Å². The standard InChI is InChI=1S/C15H9BrClFN2O/c16-9-4-1-3-8(7-9)12-14(21-20-15(12)19)10-5-2-6-11(17)13(10)18/h1-7H,(H2,19,20). The zero-order chi connectivity index (χ0) is 15.0. The van der Waals surface area contributed by atoms with Crippen LogP contribution < -0.4 is 5.73 Å². The van der Waals surface area contributed by atoms with Gasteiger partial charge in [0.25, 0.3) is 0 Å². The van der Waals surface area contributed by atoms with E-state index >= 15 is 0 Å². The number of nitrogens with zero attached hydrogens (tertiary/aromatic N) is 1.